The van der Waals surface area contributed by atoms with E-state index in [-0.39, 0.29) is 12.1 Å². The van der Waals surface area contributed by atoms with Crippen molar-refractivity contribution in [2.24, 2.45) is 0 Å². The van der Waals surface area contributed by atoms with Gasteiger partial charge in [-0.15, -0.1) is 0 Å². The maximum Gasteiger partial charge on any atom is 0.0957 e. The molecule has 0 spiro atoms. The zero-order valence-corrected chi connectivity index (χ0v) is 10.2. The lowest BCUT2D eigenvalue weighted by molar-refractivity contribution is 0.157. The van der Waals surface area contributed by atoms with Crippen LogP contribution in [0.3, 0.4) is 0 Å². The van der Waals surface area contributed by atoms with Crippen LogP contribution in [0.1, 0.15) is 17.2 Å². The first kappa shape index (κ1) is 11.5. The predicted octanol–water partition coefficient (Wildman–Crippen LogP) is 2.60. The zero-order chi connectivity index (χ0) is 12.4. The van der Waals surface area contributed by atoms with Gasteiger partial charge >= 0.3 is 0 Å². The van der Waals surface area contributed by atoms with E-state index in [1.54, 1.807) is 0 Å². The van der Waals surface area contributed by atoms with Crippen molar-refractivity contribution in [2.45, 2.75) is 18.7 Å². The van der Waals surface area contributed by atoms with E-state index >= 15 is 0 Å². The zero-order valence-electron chi connectivity index (χ0n) is 10.2. The lowest BCUT2D eigenvalue weighted by Gasteiger charge is -2.11. The lowest BCUT2D eigenvalue weighted by atomic mass is 10.1. The molecule has 2 aromatic rings. The highest BCUT2D eigenvalue weighted by atomic mass is 16.3. The lowest BCUT2D eigenvalue weighted by Crippen LogP contribution is -2.11. The van der Waals surface area contributed by atoms with Crippen molar-refractivity contribution in [1.82, 2.24) is 4.90 Å². The molecule has 2 nitrogen and oxygen atoms in total. The second kappa shape index (κ2) is 4.92. The average molecular weight is 239 g/mol. The second-order valence-electron chi connectivity index (χ2n) is 4.84. The first-order chi connectivity index (χ1) is 8.84. The maximum atomic E-state index is 10.3. The summed E-state index contributed by atoms with van der Waals surface area (Å²) in [4.78, 5) is 2.30. The van der Waals surface area contributed by atoms with E-state index in [0.29, 0.717) is 0 Å². The molecular weight excluding hydrogens is 222 g/mol. The Morgan fingerprint density at radius 1 is 1.00 bits per heavy atom. The highest BCUT2D eigenvalue weighted by molar-refractivity contribution is 5.22. The molecule has 0 bridgehead atoms. The molecule has 1 heterocycles. The third-order valence-electron chi connectivity index (χ3n) is 3.49. The molecule has 1 aliphatic rings. The molecule has 1 aliphatic heterocycles. The summed E-state index contributed by atoms with van der Waals surface area (Å²) in [6.45, 7) is 1.90. The van der Waals surface area contributed by atoms with Crippen molar-refractivity contribution in [2.75, 3.05) is 6.54 Å². The van der Waals surface area contributed by atoms with Gasteiger partial charge in [-0.3, -0.25) is 4.90 Å². The van der Waals surface area contributed by atoms with E-state index in [1.165, 1.54) is 5.56 Å². The van der Waals surface area contributed by atoms with Crippen LogP contribution < -0.4 is 0 Å². The largest absolute Gasteiger partial charge is 0.387 e. The van der Waals surface area contributed by atoms with Crippen molar-refractivity contribution in [3.63, 3.8) is 0 Å². The van der Waals surface area contributed by atoms with Gasteiger partial charge in [-0.25, -0.2) is 0 Å². The first-order valence-corrected chi connectivity index (χ1v) is 6.35. The molecular formula is C16H17NO. The predicted molar refractivity (Wildman–Crippen MR) is 72.0 cm³/mol. The molecule has 0 aromatic heterocycles. The summed E-state index contributed by atoms with van der Waals surface area (Å²) < 4.78 is 0. The number of aliphatic hydroxyl groups is 1. The van der Waals surface area contributed by atoms with Gasteiger partial charge in [0.2, 0.25) is 0 Å². The summed E-state index contributed by atoms with van der Waals surface area (Å²) in [6, 6.07) is 20.6. The van der Waals surface area contributed by atoms with Gasteiger partial charge in [-0.2, -0.15) is 0 Å². The Balaban J connectivity index is 1.61. The minimum atomic E-state index is -0.366. The van der Waals surface area contributed by atoms with Crippen LogP contribution in [0.4, 0.5) is 0 Å². The quantitative estimate of drug-likeness (QED) is 0.829. The number of nitrogens with zero attached hydrogens (tertiary/aromatic N) is 1. The molecule has 3 rings (SSSR count). The van der Waals surface area contributed by atoms with Crippen molar-refractivity contribution < 1.29 is 5.11 Å². The second-order valence-corrected chi connectivity index (χ2v) is 4.84. The number of hydrogen-bond donors (Lipinski definition) is 1. The van der Waals surface area contributed by atoms with Gasteiger partial charge in [0, 0.05) is 13.1 Å². The van der Waals surface area contributed by atoms with E-state index in [2.05, 4.69) is 29.2 Å². The van der Waals surface area contributed by atoms with Gasteiger partial charge in [0.05, 0.1) is 12.1 Å². The van der Waals surface area contributed by atoms with Gasteiger partial charge < -0.3 is 5.11 Å². The molecule has 1 fully saturated rings. The summed E-state index contributed by atoms with van der Waals surface area (Å²) in [5, 5.41) is 10.3. The standard InChI is InChI=1S/C16H17NO/c18-16(14-9-5-2-6-10-14)15-12-17(15)11-13-7-3-1-4-8-13/h1-10,15-16,18H,11-12H2/t15-,16-,17?/m1/s1. The number of rotatable bonds is 4. The molecule has 1 unspecified atom stereocenters. The van der Waals surface area contributed by atoms with Gasteiger partial charge in [0.15, 0.2) is 0 Å². The number of hydrogen-bond acceptors (Lipinski definition) is 2. The van der Waals surface area contributed by atoms with Crippen LogP contribution in [-0.4, -0.2) is 22.6 Å². The van der Waals surface area contributed by atoms with E-state index in [9.17, 15) is 5.11 Å². The van der Waals surface area contributed by atoms with E-state index < -0.39 is 0 Å². The Morgan fingerprint density at radius 3 is 2.28 bits per heavy atom. The summed E-state index contributed by atoms with van der Waals surface area (Å²) in [6.07, 6.45) is -0.366. The van der Waals surface area contributed by atoms with E-state index in [4.69, 9.17) is 0 Å². The fraction of sp³-hybridized carbons (Fsp3) is 0.250. The molecule has 2 heteroatoms. The third-order valence-corrected chi connectivity index (χ3v) is 3.49. The Kier molecular flexibility index (Phi) is 3.13. The Labute approximate surface area is 107 Å². The van der Waals surface area contributed by atoms with E-state index in [1.807, 2.05) is 36.4 Å². The molecule has 2 aromatic carbocycles. The van der Waals surface area contributed by atoms with Crippen LogP contribution in [0.5, 0.6) is 0 Å². The SMILES string of the molecule is O[C@H](c1ccccc1)[C@H]1CN1Cc1ccccc1. The molecule has 3 atom stereocenters. The van der Waals surface area contributed by atoms with Crippen molar-refractivity contribution >= 4 is 0 Å². The summed E-state index contributed by atoms with van der Waals surface area (Å²) in [5.41, 5.74) is 2.32. The fourth-order valence-electron chi connectivity index (χ4n) is 2.36. The highest BCUT2D eigenvalue weighted by Crippen LogP contribution is 2.32. The van der Waals surface area contributed by atoms with Crippen LogP contribution in [0.2, 0.25) is 0 Å². The fourth-order valence-corrected chi connectivity index (χ4v) is 2.36. The van der Waals surface area contributed by atoms with Gasteiger partial charge in [-0.05, 0) is 11.1 Å². The molecule has 1 N–H and O–H groups in total. The molecule has 0 saturated carbocycles. The van der Waals surface area contributed by atoms with Crippen LogP contribution in [0.25, 0.3) is 0 Å². The van der Waals surface area contributed by atoms with Crippen LogP contribution in [0.15, 0.2) is 60.7 Å². The van der Waals surface area contributed by atoms with Crippen molar-refractivity contribution in [3.8, 4) is 0 Å². The Morgan fingerprint density at radius 2 is 1.61 bits per heavy atom. The minimum absolute atomic E-state index is 0.271. The van der Waals surface area contributed by atoms with Crippen molar-refractivity contribution in [1.29, 1.82) is 0 Å². The topological polar surface area (TPSA) is 23.2 Å². The molecule has 92 valence electrons. The monoisotopic (exact) mass is 239 g/mol. The number of aliphatic hydroxyl groups excluding tert-OH is 1. The van der Waals surface area contributed by atoms with E-state index in [0.717, 1.165) is 18.7 Å². The Bertz CT molecular complexity index is 497. The van der Waals surface area contributed by atoms with Crippen LogP contribution >= 0.6 is 0 Å². The van der Waals surface area contributed by atoms with Crippen LogP contribution in [-0.2, 0) is 6.54 Å². The summed E-state index contributed by atoms with van der Waals surface area (Å²) in [7, 11) is 0. The first-order valence-electron chi connectivity index (χ1n) is 6.35. The normalized spacial score (nSPS) is 23.6. The smallest absolute Gasteiger partial charge is 0.0957 e. The van der Waals surface area contributed by atoms with Crippen molar-refractivity contribution in [3.05, 3.63) is 71.8 Å². The minimum Gasteiger partial charge on any atom is -0.387 e. The molecule has 1 saturated heterocycles. The highest BCUT2D eigenvalue weighted by Gasteiger charge is 2.40. The average Bonchev–Trinajstić information content (AvgIpc) is 3.19. The molecule has 18 heavy (non-hydrogen) atoms. The molecule has 0 aliphatic carbocycles. The van der Waals surface area contributed by atoms with Gasteiger partial charge in [0.25, 0.3) is 0 Å². The molecule has 0 radical (unpaired) electrons. The van der Waals surface area contributed by atoms with Gasteiger partial charge in [-0.1, -0.05) is 60.7 Å². The third kappa shape index (κ3) is 2.45. The van der Waals surface area contributed by atoms with Gasteiger partial charge in [0.1, 0.15) is 0 Å². The molecule has 0 amide bonds. The maximum absolute atomic E-state index is 10.3. The Hall–Kier alpha value is -1.64. The van der Waals surface area contributed by atoms with Crippen LogP contribution in [0, 0.1) is 0 Å². The summed E-state index contributed by atoms with van der Waals surface area (Å²) in [5.74, 6) is 0. The summed E-state index contributed by atoms with van der Waals surface area (Å²) >= 11 is 0. The number of benzene rings is 2.